The van der Waals surface area contributed by atoms with E-state index in [0.29, 0.717) is 12.1 Å². The largest absolute Gasteiger partial charge is 0.292 e. The Labute approximate surface area is 52.4 Å². The lowest BCUT2D eigenvalue weighted by atomic mass is 10.2. The Balaban J connectivity index is 2.39. The molecule has 3 unspecified atom stereocenters. The third kappa shape index (κ3) is 1.19. The normalized spacial score (nSPS) is 40.9. The summed E-state index contributed by atoms with van der Waals surface area (Å²) in [5.74, 6) is 0. The van der Waals surface area contributed by atoms with Gasteiger partial charge in [-0.1, -0.05) is 0 Å². The first kappa shape index (κ1) is 6.47. The third-order valence-electron chi connectivity index (χ3n) is 1.41. The second-order valence-corrected chi connectivity index (χ2v) is 2.87. The monoisotopic (exact) mass is 133 g/mol. The lowest BCUT2D eigenvalue weighted by Gasteiger charge is -2.10. The van der Waals surface area contributed by atoms with Gasteiger partial charge in [0, 0.05) is 6.04 Å². The highest BCUT2D eigenvalue weighted by atomic mass is 31.0. The van der Waals surface area contributed by atoms with E-state index < -0.39 is 0 Å². The van der Waals surface area contributed by atoms with Crippen molar-refractivity contribution in [1.82, 2.24) is 4.83 Å². The van der Waals surface area contributed by atoms with Gasteiger partial charge >= 0.3 is 0 Å². The van der Waals surface area contributed by atoms with Crippen molar-refractivity contribution in [3.63, 3.8) is 0 Å². The molecule has 3 heteroatoms. The summed E-state index contributed by atoms with van der Waals surface area (Å²) < 4.78 is 0. The van der Waals surface area contributed by atoms with Crippen LogP contribution in [0.3, 0.4) is 0 Å². The maximum Gasteiger partial charge on any atom is 0.0784 e. The van der Waals surface area contributed by atoms with Gasteiger partial charge in [0.2, 0.25) is 0 Å². The molecule has 1 aliphatic heterocycles. The van der Waals surface area contributed by atoms with Crippen molar-refractivity contribution < 1.29 is 4.84 Å². The van der Waals surface area contributed by atoms with E-state index in [-0.39, 0.29) is 0 Å². The van der Waals surface area contributed by atoms with Crippen LogP contribution in [0.5, 0.6) is 0 Å². The van der Waals surface area contributed by atoms with Crippen molar-refractivity contribution >= 4 is 9.39 Å². The van der Waals surface area contributed by atoms with Crippen molar-refractivity contribution in [2.75, 3.05) is 0 Å². The van der Waals surface area contributed by atoms with Gasteiger partial charge in [-0.2, -0.15) is 4.83 Å². The summed E-state index contributed by atoms with van der Waals surface area (Å²) in [5, 5.41) is 0. The van der Waals surface area contributed by atoms with Crippen LogP contribution in [-0.4, -0.2) is 17.0 Å². The van der Waals surface area contributed by atoms with E-state index in [1.54, 1.807) is 0 Å². The van der Waals surface area contributed by atoms with Crippen LogP contribution >= 0.6 is 9.39 Å². The summed E-state index contributed by atoms with van der Waals surface area (Å²) in [5.41, 5.74) is 0. The molecule has 0 aliphatic carbocycles. The average Bonchev–Trinajstić information content (AvgIpc) is 1.85. The van der Waals surface area contributed by atoms with Gasteiger partial charge in [0.25, 0.3) is 0 Å². The summed E-state index contributed by atoms with van der Waals surface area (Å²) in [6.07, 6.45) is 1.55. The molecule has 0 spiro atoms. The third-order valence-corrected chi connectivity index (χ3v) is 2.04. The molecule has 3 atom stereocenters. The topological polar surface area (TPSA) is 12.5 Å². The molecule has 0 aromatic carbocycles. The fourth-order valence-corrected chi connectivity index (χ4v) is 1.27. The van der Waals surface area contributed by atoms with Gasteiger partial charge in [-0.25, -0.2) is 0 Å². The molecule has 0 radical (unpaired) electrons. The van der Waals surface area contributed by atoms with E-state index in [1.165, 1.54) is 0 Å². The van der Waals surface area contributed by atoms with Crippen LogP contribution in [0.15, 0.2) is 0 Å². The molecule has 1 rings (SSSR count). The Hall–Kier alpha value is 0.350. The first-order valence-corrected chi connectivity index (χ1v) is 3.42. The number of rotatable bonds is 0. The SMILES string of the molecule is CC1CC(C)N(P)O1. The molecule has 0 saturated carbocycles. The highest BCUT2D eigenvalue weighted by molar-refractivity contribution is 7.13. The minimum atomic E-state index is 0.405. The number of hydrogen-bond donors (Lipinski definition) is 0. The second-order valence-electron chi connectivity index (χ2n) is 2.36. The second kappa shape index (κ2) is 2.30. The molecule has 0 aromatic heterocycles. The average molecular weight is 133 g/mol. The van der Waals surface area contributed by atoms with Crippen LogP contribution in [0.2, 0.25) is 0 Å². The maximum atomic E-state index is 5.27. The van der Waals surface area contributed by atoms with Crippen LogP contribution < -0.4 is 0 Å². The van der Waals surface area contributed by atoms with Crippen molar-refractivity contribution in [2.24, 2.45) is 0 Å². The highest BCUT2D eigenvalue weighted by Gasteiger charge is 2.23. The van der Waals surface area contributed by atoms with E-state index in [1.807, 2.05) is 4.83 Å². The molecule has 0 N–H and O–H groups in total. The summed E-state index contributed by atoms with van der Waals surface area (Å²) in [6, 6.07) is 0.565. The van der Waals surface area contributed by atoms with Crippen LogP contribution in [0.4, 0.5) is 0 Å². The first-order chi connectivity index (χ1) is 3.70. The van der Waals surface area contributed by atoms with Gasteiger partial charge in [0.15, 0.2) is 0 Å². The Kier molecular flexibility index (Phi) is 1.86. The molecular weight excluding hydrogens is 121 g/mol. The molecule has 0 amide bonds. The summed E-state index contributed by atoms with van der Waals surface area (Å²) in [7, 11) is 2.55. The summed E-state index contributed by atoms with van der Waals surface area (Å²) >= 11 is 0. The van der Waals surface area contributed by atoms with Gasteiger partial charge in [0.1, 0.15) is 0 Å². The molecule has 1 fully saturated rings. The zero-order valence-corrected chi connectivity index (χ0v) is 6.45. The van der Waals surface area contributed by atoms with E-state index in [9.17, 15) is 0 Å². The molecule has 1 aliphatic rings. The lowest BCUT2D eigenvalue weighted by Crippen LogP contribution is -2.12. The molecular formula is C5H12NOP. The standard InChI is InChI=1S/C5H12NOP/c1-4-3-5(2)7-6(4)8/h4-5H,3,8H2,1-2H3. The van der Waals surface area contributed by atoms with E-state index in [0.717, 1.165) is 6.42 Å². The Bertz CT molecular complexity index is 78.5. The number of hydrogen-bond acceptors (Lipinski definition) is 2. The summed E-state index contributed by atoms with van der Waals surface area (Å²) in [4.78, 5) is 7.11. The summed E-state index contributed by atoms with van der Waals surface area (Å²) in [6.45, 7) is 4.23. The molecule has 0 bridgehead atoms. The number of hydroxylamine groups is 1. The van der Waals surface area contributed by atoms with E-state index >= 15 is 0 Å². The zero-order valence-electron chi connectivity index (χ0n) is 5.29. The van der Waals surface area contributed by atoms with E-state index in [2.05, 4.69) is 23.2 Å². The Morgan fingerprint density at radius 1 is 1.62 bits per heavy atom. The molecule has 48 valence electrons. The zero-order chi connectivity index (χ0) is 6.15. The maximum absolute atomic E-state index is 5.27. The van der Waals surface area contributed by atoms with Gasteiger partial charge in [-0.05, 0) is 29.7 Å². The van der Waals surface area contributed by atoms with Crippen molar-refractivity contribution in [3.8, 4) is 0 Å². The minimum Gasteiger partial charge on any atom is -0.292 e. The van der Waals surface area contributed by atoms with Gasteiger partial charge < -0.3 is 0 Å². The smallest absolute Gasteiger partial charge is 0.0784 e. The molecule has 2 nitrogen and oxygen atoms in total. The van der Waals surface area contributed by atoms with Gasteiger partial charge in [0.05, 0.1) is 6.10 Å². The van der Waals surface area contributed by atoms with Crippen LogP contribution in [-0.2, 0) is 4.84 Å². The number of nitrogens with zero attached hydrogens (tertiary/aromatic N) is 1. The molecule has 0 aromatic rings. The van der Waals surface area contributed by atoms with Crippen LogP contribution in [0.1, 0.15) is 20.3 Å². The predicted octanol–water partition coefficient (Wildman–Crippen LogP) is 1.19. The van der Waals surface area contributed by atoms with Gasteiger partial charge in [-0.3, -0.25) is 4.84 Å². The van der Waals surface area contributed by atoms with Gasteiger partial charge in [-0.15, -0.1) is 0 Å². The predicted molar refractivity (Wildman–Crippen MR) is 36.2 cm³/mol. The van der Waals surface area contributed by atoms with Crippen molar-refractivity contribution in [2.45, 2.75) is 32.4 Å². The Morgan fingerprint density at radius 2 is 2.25 bits per heavy atom. The molecule has 1 heterocycles. The van der Waals surface area contributed by atoms with Crippen molar-refractivity contribution in [1.29, 1.82) is 0 Å². The molecule has 8 heavy (non-hydrogen) atoms. The van der Waals surface area contributed by atoms with E-state index in [4.69, 9.17) is 4.84 Å². The van der Waals surface area contributed by atoms with Crippen LogP contribution in [0, 0.1) is 0 Å². The minimum absolute atomic E-state index is 0.405. The fourth-order valence-electron chi connectivity index (χ4n) is 0.939. The van der Waals surface area contributed by atoms with Crippen LogP contribution in [0.25, 0.3) is 0 Å². The first-order valence-electron chi connectivity index (χ1n) is 2.91. The molecule has 1 saturated heterocycles. The lowest BCUT2D eigenvalue weighted by molar-refractivity contribution is -0.0729. The fraction of sp³-hybridized carbons (Fsp3) is 1.00. The quantitative estimate of drug-likeness (QED) is 0.460. The van der Waals surface area contributed by atoms with Crippen molar-refractivity contribution in [3.05, 3.63) is 0 Å². The Morgan fingerprint density at radius 3 is 2.38 bits per heavy atom. The highest BCUT2D eigenvalue weighted by Crippen LogP contribution is 2.22.